The van der Waals surface area contributed by atoms with E-state index in [1.165, 1.54) is 0 Å². The van der Waals surface area contributed by atoms with Gasteiger partial charge in [-0.15, -0.1) is 0 Å². The van der Waals surface area contributed by atoms with Gasteiger partial charge in [0, 0.05) is 33.9 Å². The summed E-state index contributed by atoms with van der Waals surface area (Å²) in [6, 6.07) is 63.8. The van der Waals surface area contributed by atoms with Gasteiger partial charge in [-0.05, 0) is 71.8 Å². The first-order valence-corrected chi connectivity index (χ1v) is 17.0. The summed E-state index contributed by atoms with van der Waals surface area (Å²) in [6.45, 7) is 0. The Labute approximate surface area is 302 Å². The molecule has 1 heterocycles. The van der Waals surface area contributed by atoms with Crippen molar-refractivity contribution in [3.63, 3.8) is 0 Å². The van der Waals surface area contributed by atoms with E-state index < -0.39 is 7.47 Å². The van der Waals surface area contributed by atoms with Crippen LogP contribution in [0.3, 0.4) is 0 Å². The van der Waals surface area contributed by atoms with Gasteiger partial charge in [-0.25, -0.2) is 13.6 Å². The highest BCUT2D eigenvalue weighted by molar-refractivity contribution is 6.35. The first-order chi connectivity index (χ1) is 25.6. The monoisotopic (exact) mass is 679 g/mol. The number of halogens is 2. The normalized spacial score (nSPS) is 10.9. The van der Waals surface area contributed by atoms with Crippen LogP contribution < -0.4 is 9.55 Å². The molecule has 0 saturated heterocycles. The van der Waals surface area contributed by atoms with Crippen molar-refractivity contribution in [2.24, 2.45) is 0 Å². The van der Waals surface area contributed by atoms with Crippen LogP contribution in [-0.4, -0.2) is 17.0 Å². The van der Waals surface area contributed by atoms with Gasteiger partial charge in [-0.2, -0.15) is 0 Å². The van der Waals surface area contributed by atoms with E-state index in [9.17, 15) is 8.63 Å². The van der Waals surface area contributed by atoms with E-state index in [2.05, 4.69) is 53.4 Å². The van der Waals surface area contributed by atoms with E-state index in [4.69, 9.17) is 9.64 Å². The quantitative estimate of drug-likeness (QED) is 0.135. The summed E-state index contributed by atoms with van der Waals surface area (Å²) in [5.74, 6) is 0.522. The van der Waals surface area contributed by atoms with Gasteiger partial charge in [0.2, 0.25) is 0 Å². The molecule has 8 aromatic rings. The minimum absolute atomic E-state index is 0.0381. The molecule has 0 unspecified atom stereocenters. The number of benzene rings is 7. The predicted molar refractivity (Wildman–Crippen MR) is 209 cm³/mol. The third-order valence-corrected chi connectivity index (χ3v) is 8.91. The molecule has 0 bridgehead atoms. The Hall–Kier alpha value is -6.73. The fraction of sp³-hybridized carbons (Fsp3) is 0. The van der Waals surface area contributed by atoms with Gasteiger partial charge in [-0.3, -0.25) is 4.57 Å². The van der Waals surface area contributed by atoms with Gasteiger partial charge in [-0.1, -0.05) is 133 Å². The first-order valence-electron chi connectivity index (χ1n) is 17.0. The smallest absolute Gasteiger partial charge is 0.505 e. The number of nitrogens with zero attached hydrogens (tertiary/aromatic N) is 3. The topological polar surface area (TPSA) is 30.3 Å². The molecule has 7 aromatic carbocycles. The maximum atomic E-state index is 14.0. The maximum absolute atomic E-state index is 14.0. The van der Waals surface area contributed by atoms with E-state index in [-0.39, 0.29) is 5.75 Å². The Morgan fingerprint density at radius 3 is 1.52 bits per heavy atom. The Kier molecular flexibility index (Phi) is 9.14. The zero-order valence-electron chi connectivity index (χ0n) is 28.1. The fourth-order valence-electron chi connectivity index (χ4n) is 6.58. The minimum Gasteiger partial charge on any atom is -0.505 e. The first kappa shape index (κ1) is 32.5. The molecule has 7 heteroatoms. The Morgan fingerprint density at radius 1 is 0.481 bits per heavy atom. The van der Waals surface area contributed by atoms with Gasteiger partial charge in [0.25, 0.3) is 0 Å². The molecule has 0 aliphatic heterocycles. The molecule has 0 fully saturated rings. The lowest BCUT2D eigenvalue weighted by Crippen LogP contribution is -2.10. The lowest BCUT2D eigenvalue weighted by atomic mass is 10.0. The van der Waals surface area contributed by atoms with Crippen LogP contribution in [-0.2, 0) is 0 Å². The molecule has 0 amide bonds. The molecule has 0 spiro atoms. The lowest BCUT2D eigenvalue weighted by molar-refractivity contribution is 0.427. The van der Waals surface area contributed by atoms with Crippen molar-refractivity contribution >= 4 is 24.5 Å². The molecular weight excluding hydrogens is 647 g/mol. The van der Waals surface area contributed by atoms with Gasteiger partial charge >= 0.3 is 7.47 Å². The number of hydrogen-bond donors (Lipinski definition) is 0. The number of rotatable bonds is 10. The molecule has 1 aromatic heterocycles. The van der Waals surface area contributed by atoms with E-state index in [1.54, 1.807) is 6.07 Å². The zero-order chi connectivity index (χ0) is 35.3. The van der Waals surface area contributed by atoms with E-state index >= 15 is 0 Å². The summed E-state index contributed by atoms with van der Waals surface area (Å²) in [5.41, 5.74) is 9.50. The third-order valence-electron chi connectivity index (χ3n) is 8.91. The van der Waals surface area contributed by atoms with Gasteiger partial charge in [0.05, 0.1) is 17.0 Å². The summed E-state index contributed by atoms with van der Waals surface area (Å²) in [5, 5.41) is 0. The summed E-state index contributed by atoms with van der Waals surface area (Å²) in [7, 11) is -3.02. The van der Waals surface area contributed by atoms with Crippen molar-refractivity contribution in [1.82, 2.24) is 9.55 Å². The highest BCUT2D eigenvalue weighted by atomic mass is 19.2. The van der Waals surface area contributed by atoms with Crippen LogP contribution in [0.1, 0.15) is 0 Å². The second kappa shape index (κ2) is 14.6. The summed E-state index contributed by atoms with van der Waals surface area (Å²) >= 11 is 0. The van der Waals surface area contributed by atoms with Crippen LogP contribution in [0.2, 0.25) is 0 Å². The SMILES string of the molecule is FB(F)Oc1ccc(-c2ccc(N(c3ccccc3)c3ccccc3)cc2)cc1-c1nc(-c2ccccc2)c(-c2ccccc2)n1-c1ccccc1. The molecule has 0 saturated carbocycles. The van der Waals surface area contributed by atoms with Crippen LogP contribution in [0.15, 0.2) is 194 Å². The Balaban J connectivity index is 1.30. The average Bonchev–Trinajstić information content (AvgIpc) is 3.61. The molecule has 0 aliphatic carbocycles. The molecule has 0 N–H and O–H groups in total. The van der Waals surface area contributed by atoms with Gasteiger partial charge < -0.3 is 9.55 Å². The second-order valence-electron chi connectivity index (χ2n) is 12.2. The van der Waals surface area contributed by atoms with Crippen LogP contribution in [0.5, 0.6) is 5.75 Å². The third kappa shape index (κ3) is 6.60. The molecule has 4 nitrogen and oxygen atoms in total. The van der Waals surface area contributed by atoms with Crippen molar-refractivity contribution < 1.29 is 13.3 Å². The zero-order valence-corrected chi connectivity index (χ0v) is 28.1. The summed E-state index contributed by atoms with van der Waals surface area (Å²) < 4.78 is 35.3. The van der Waals surface area contributed by atoms with Gasteiger partial charge in [0.15, 0.2) is 0 Å². The summed E-state index contributed by atoms with van der Waals surface area (Å²) in [6.07, 6.45) is 0. The number of aromatic nitrogens is 2. The van der Waals surface area contributed by atoms with Crippen LogP contribution in [0.25, 0.3) is 50.7 Å². The molecule has 250 valence electrons. The van der Waals surface area contributed by atoms with Crippen LogP contribution >= 0.6 is 0 Å². The van der Waals surface area contributed by atoms with E-state index in [0.29, 0.717) is 11.4 Å². The minimum atomic E-state index is -3.02. The van der Waals surface area contributed by atoms with Gasteiger partial charge in [0.1, 0.15) is 11.6 Å². The molecule has 52 heavy (non-hydrogen) atoms. The Bertz CT molecular complexity index is 2350. The van der Waals surface area contributed by atoms with Crippen LogP contribution in [0, 0.1) is 0 Å². The maximum Gasteiger partial charge on any atom is 0.796 e. The van der Waals surface area contributed by atoms with E-state index in [0.717, 1.165) is 56.4 Å². The number of para-hydroxylation sites is 3. The van der Waals surface area contributed by atoms with Crippen molar-refractivity contribution in [2.45, 2.75) is 0 Å². The van der Waals surface area contributed by atoms with Crippen LogP contribution in [0.4, 0.5) is 25.7 Å². The number of anilines is 3. The Morgan fingerprint density at radius 2 is 0.962 bits per heavy atom. The molecule has 8 rings (SSSR count). The van der Waals surface area contributed by atoms with Crippen molar-refractivity contribution in [1.29, 1.82) is 0 Å². The standard InChI is InChI=1S/C45H32BF2N3O/c47-46(48)52-42-31-28-36(33-26-29-40(30-27-33)50(37-20-10-3-11-21-37)38-22-12-4-13-23-38)32-41(42)45-49-43(34-16-6-1-7-17-34)44(35-18-8-2-9-19-35)51(45)39-24-14-5-15-25-39/h1-32H. The van der Waals surface area contributed by atoms with Crippen molar-refractivity contribution in [3.05, 3.63) is 194 Å². The molecule has 0 atom stereocenters. The number of hydrogen-bond acceptors (Lipinski definition) is 3. The second-order valence-corrected chi connectivity index (χ2v) is 12.2. The van der Waals surface area contributed by atoms with E-state index in [1.807, 2.05) is 144 Å². The predicted octanol–water partition coefficient (Wildman–Crippen LogP) is 12.3. The fourth-order valence-corrected chi connectivity index (χ4v) is 6.58. The largest absolute Gasteiger partial charge is 0.796 e. The highest BCUT2D eigenvalue weighted by Crippen LogP contribution is 2.43. The summed E-state index contributed by atoms with van der Waals surface area (Å²) in [4.78, 5) is 7.44. The molecular formula is C45H32BF2N3O. The highest BCUT2D eigenvalue weighted by Gasteiger charge is 2.27. The lowest BCUT2D eigenvalue weighted by Gasteiger charge is -2.25. The average molecular weight is 680 g/mol. The number of imidazole rings is 1. The van der Waals surface area contributed by atoms with Crippen molar-refractivity contribution in [2.75, 3.05) is 4.90 Å². The molecule has 0 aliphatic rings. The van der Waals surface area contributed by atoms with Crippen molar-refractivity contribution in [3.8, 4) is 56.5 Å². The molecule has 0 radical (unpaired) electrons.